The Bertz CT molecular complexity index is 728. The van der Waals surface area contributed by atoms with Gasteiger partial charge in [-0.25, -0.2) is 0 Å². The molecule has 0 aromatic rings. The van der Waals surface area contributed by atoms with Crippen molar-refractivity contribution in [3.05, 3.63) is 0 Å². The molecule has 0 aromatic heterocycles. The molecule has 3 atom stereocenters. The van der Waals surface area contributed by atoms with E-state index in [1.807, 2.05) is 0 Å². The molecule has 1 aliphatic heterocycles. The smallest absolute Gasteiger partial charge is 0.286 e. The van der Waals surface area contributed by atoms with Gasteiger partial charge in [0, 0.05) is 12.5 Å². The van der Waals surface area contributed by atoms with Gasteiger partial charge >= 0.3 is 0 Å². The lowest BCUT2D eigenvalue weighted by Gasteiger charge is -2.21. The second-order valence-corrected chi connectivity index (χ2v) is 11.0. The topological polar surface area (TPSA) is 139 Å². The first-order valence-corrected chi connectivity index (χ1v) is 12.9. The van der Waals surface area contributed by atoms with Crippen molar-refractivity contribution in [1.82, 2.24) is 15.5 Å². The van der Waals surface area contributed by atoms with E-state index in [2.05, 4.69) is 45.3 Å². The predicted molar refractivity (Wildman–Crippen MR) is 135 cm³/mol. The van der Waals surface area contributed by atoms with E-state index in [1.165, 1.54) is 12.8 Å². The molecule has 3 fully saturated rings. The van der Waals surface area contributed by atoms with Crippen LogP contribution < -0.4 is 16.4 Å². The normalized spacial score (nSPS) is 21.9. The van der Waals surface area contributed by atoms with E-state index >= 15 is 0 Å². The molecule has 1 heterocycles. The van der Waals surface area contributed by atoms with Crippen LogP contribution >= 0.6 is 0 Å². The molecule has 3 aliphatic rings. The van der Waals surface area contributed by atoms with Crippen LogP contribution in [-0.4, -0.2) is 66.9 Å². The summed E-state index contributed by atoms with van der Waals surface area (Å²) in [5.74, 6) is 0.881. The van der Waals surface area contributed by atoms with Gasteiger partial charge in [0.1, 0.15) is 6.29 Å². The zero-order chi connectivity index (χ0) is 26.7. The fourth-order valence-corrected chi connectivity index (χ4v) is 3.77. The number of rotatable bonds is 10. The number of likely N-dealkylation sites (tertiary alicyclic amines) is 1. The molecule has 3 rings (SSSR count). The number of aldehydes is 1. The molecule has 2 aliphatic carbocycles. The van der Waals surface area contributed by atoms with E-state index in [0.717, 1.165) is 37.9 Å². The third-order valence-electron chi connectivity index (χ3n) is 6.33. The fourth-order valence-electron chi connectivity index (χ4n) is 3.77. The van der Waals surface area contributed by atoms with Crippen LogP contribution in [0.25, 0.3) is 0 Å². The maximum atomic E-state index is 12.1. The number of hydrogen-bond donors (Lipinski definition) is 3. The molecule has 0 spiro atoms. The standard InChI is InChI=1S/C14H22N2O3.C8H14N2O2.C4H10/c1-9(2)11-5-12(8-17)16(7-11)13(18)6-15-14(19)10-3-4-10;1-10-6(4-5-2-3-5)7(11)8(9)12;1-4(2)3/h8-12H,3-7H2,1-2H3,(H,15,19);5-6,10H,2-4H2,1H3,(H2,9,12);4H,1-3H3. The minimum Gasteiger partial charge on any atom is -0.363 e. The van der Waals surface area contributed by atoms with Gasteiger partial charge in [-0.1, -0.05) is 47.5 Å². The number of Topliss-reactive ketones (excluding diaryl/α,β-unsaturated/α-hetero) is 1. The molecule has 0 bridgehead atoms. The zero-order valence-electron chi connectivity index (χ0n) is 22.3. The summed E-state index contributed by atoms with van der Waals surface area (Å²) >= 11 is 0. The maximum Gasteiger partial charge on any atom is 0.286 e. The van der Waals surface area contributed by atoms with E-state index in [4.69, 9.17) is 5.73 Å². The van der Waals surface area contributed by atoms with Crippen LogP contribution in [0.4, 0.5) is 0 Å². The van der Waals surface area contributed by atoms with Gasteiger partial charge in [0.15, 0.2) is 0 Å². The minimum atomic E-state index is -0.838. The molecule has 3 unspecified atom stereocenters. The predicted octanol–water partition coefficient (Wildman–Crippen LogP) is 1.68. The van der Waals surface area contributed by atoms with E-state index < -0.39 is 11.7 Å². The fraction of sp³-hybridized carbons (Fsp3) is 0.808. The molecule has 35 heavy (non-hydrogen) atoms. The van der Waals surface area contributed by atoms with E-state index in [-0.39, 0.29) is 36.4 Å². The number of carbonyl (C=O) groups excluding carboxylic acids is 5. The number of likely N-dealkylation sites (N-methyl/N-ethyl adjacent to an activating group) is 1. The number of nitrogens with one attached hydrogen (secondary N) is 2. The second kappa shape index (κ2) is 15.0. The van der Waals surface area contributed by atoms with Gasteiger partial charge in [0.2, 0.25) is 17.6 Å². The number of ketones is 1. The van der Waals surface area contributed by atoms with Crippen LogP contribution in [0.15, 0.2) is 0 Å². The van der Waals surface area contributed by atoms with Crippen molar-refractivity contribution in [3.63, 3.8) is 0 Å². The summed E-state index contributed by atoms with van der Waals surface area (Å²) < 4.78 is 0. The van der Waals surface area contributed by atoms with Gasteiger partial charge in [0.25, 0.3) is 5.91 Å². The van der Waals surface area contributed by atoms with Gasteiger partial charge in [-0.15, -0.1) is 0 Å². The molecular weight excluding hydrogens is 448 g/mol. The Morgan fingerprint density at radius 2 is 1.60 bits per heavy atom. The molecular formula is C26H46N4O5. The largest absolute Gasteiger partial charge is 0.363 e. The zero-order valence-corrected chi connectivity index (χ0v) is 22.3. The lowest BCUT2D eigenvalue weighted by Crippen LogP contribution is -2.43. The third kappa shape index (κ3) is 11.8. The summed E-state index contributed by atoms with van der Waals surface area (Å²) in [6, 6.07) is -0.687. The summed E-state index contributed by atoms with van der Waals surface area (Å²) in [6.07, 6.45) is 6.53. The minimum absolute atomic E-state index is 0.0183. The second-order valence-electron chi connectivity index (χ2n) is 11.0. The Kier molecular flexibility index (Phi) is 13.1. The SMILES string of the molecule is CC(C)C.CC(C)C1CC(C=O)N(C(=O)CNC(=O)C2CC2)C1.CNC(CC1CC1)C(=O)C(N)=O. The third-order valence-corrected chi connectivity index (χ3v) is 6.33. The highest BCUT2D eigenvalue weighted by atomic mass is 16.2. The number of primary amides is 1. The summed E-state index contributed by atoms with van der Waals surface area (Å²) in [5.41, 5.74) is 4.88. The van der Waals surface area contributed by atoms with Crippen molar-refractivity contribution in [2.45, 2.75) is 85.2 Å². The van der Waals surface area contributed by atoms with Crippen molar-refractivity contribution in [2.75, 3.05) is 20.1 Å². The van der Waals surface area contributed by atoms with Crippen molar-refractivity contribution in [2.24, 2.45) is 35.3 Å². The van der Waals surface area contributed by atoms with Crippen molar-refractivity contribution < 1.29 is 24.0 Å². The van der Waals surface area contributed by atoms with Gasteiger partial charge < -0.3 is 26.1 Å². The lowest BCUT2D eigenvalue weighted by atomic mass is 9.94. The summed E-state index contributed by atoms with van der Waals surface area (Å²) in [4.78, 5) is 57.9. The molecule has 0 radical (unpaired) electrons. The van der Waals surface area contributed by atoms with E-state index in [0.29, 0.717) is 24.3 Å². The Labute approximate surface area is 210 Å². The molecule has 1 saturated heterocycles. The number of nitrogens with zero attached hydrogens (tertiary/aromatic N) is 1. The quantitative estimate of drug-likeness (QED) is 0.312. The van der Waals surface area contributed by atoms with Crippen LogP contribution in [0.2, 0.25) is 0 Å². The first-order chi connectivity index (χ1) is 16.4. The summed E-state index contributed by atoms with van der Waals surface area (Å²) in [5, 5.41) is 5.47. The molecule has 0 aromatic carbocycles. The van der Waals surface area contributed by atoms with Gasteiger partial charge in [-0.3, -0.25) is 19.2 Å². The monoisotopic (exact) mass is 494 g/mol. The Balaban J connectivity index is 0.000000327. The average Bonchev–Trinajstić information content (AvgIpc) is 3.72. The summed E-state index contributed by atoms with van der Waals surface area (Å²) in [6.45, 7) is 11.4. The Morgan fingerprint density at radius 1 is 1.03 bits per heavy atom. The van der Waals surface area contributed by atoms with Crippen LogP contribution in [0, 0.1) is 29.6 Å². The van der Waals surface area contributed by atoms with Crippen LogP contribution in [0.5, 0.6) is 0 Å². The highest BCUT2D eigenvalue weighted by molar-refractivity contribution is 6.37. The van der Waals surface area contributed by atoms with Gasteiger partial charge in [-0.05, 0) is 56.4 Å². The molecule has 9 heteroatoms. The van der Waals surface area contributed by atoms with Crippen LogP contribution in [0.1, 0.15) is 73.1 Å². The van der Waals surface area contributed by atoms with Crippen LogP contribution in [0.3, 0.4) is 0 Å². The summed E-state index contributed by atoms with van der Waals surface area (Å²) in [7, 11) is 1.67. The van der Waals surface area contributed by atoms with Crippen molar-refractivity contribution in [1.29, 1.82) is 0 Å². The molecule has 9 nitrogen and oxygen atoms in total. The number of amides is 3. The highest BCUT2D eigenvalue weighted by Crippen LogP contribution is 2.33. The molecule has 200 valence electrons. The Hall–Kier alpha value is -2.29. The Morgan fingerprint density at radius 3 is 2.00 bits per heavy atom. The van der Waals surface area contributed by atoms with Crippen LogP contribution in [-0.2, 0) is 24.0 Å². The first kappa shape index (κ1) is 30.7. The van der Waals surface area contributed by atoms with Crippen molar-refractivity contribution in [3.8, 4) is 0 Å². The first-order valence-electron chi connectivity index (χ1n) is 12.9. The molecule has 4 N–H and O–H groups in total. The van der Waals surface area contributed by atoms with E-state index in [1.54, 1.807) is 11.9 Å². The number of nitrogens with two attached hydrogens (primary N) is 1. The van der Waals surface area contributed by atoms with E-state index in [9.17, 15) is 24.0 Å². The van der Waals surface area contributed by atoms with Gasteiger partial charge in [-0.2, -0.15) is 0 Å². The average molecular weight is 495 g/mol. The van der Waals surface area contributed by atoms with Crippen molar-refractivity contribution >= 4 is 29.8 Å². The molecule has 2 saturated carbocycles. The lowest BCUT2D eigenvalue weighted by molar-refractivity contribution is -0.137. The highest BCUT2D eigenvalue weighted by Gasteiger charge is 2.37. The maximum absolute atomic E-state index is 12.1. The number of hydrogen-bond acceptors (Lipinski definition) is 6. The van der Waals surface area contributed by atoms with Gasteiger partial charge in [0.05, 0.1) is 18.6 Å². The number of carbonyl (C=O) groups is 5. The molecule has 3 amide bonds.